The zero-order valence-corrected chi connectivity index (χ0v) is 15.3. The van der Waals surface area contributed by atoms with E-state index < -0.39 is 18.5 Å². The van der Waals surface area contributed by atoms with Crippen molar-refractivity contribution in [2.45, 2.75) is 13.3 Å². The lowest BCUT2D eigenvalue weighted by Crippen LogP contribution is -2.20. The third kappa shape index (κ3) is 4.62. The van der Waals surface area contributed by atoms with Gasteiger partial charge in [-0.15, -0.1) is 0 Å². The predicted molar refractivity (Wildman–Crippen MR) is 103 cm³/mol. The second-order valence-electron chi connectivity index (χ2n) is 6.09. The number of aromatic nitrogens is 2. The maximum atomic E-state index is 12.1. The van der Waals surface area contributed by atoms with Crippen LogP contribution in [0.5, 0.6) is 0 Å². The van der Waals surface area contributed by atoms with Crippen molar-refractivity contribution in [1.29, 1.82) is 5.26 Å². The number of benzene rings is 2. The standard InChI is InChI=1S/C21H18N4O3/c1-15-11-13-23-25(15)19-8-4-17(5-9-19)21(27)28-14-20(26)24-18-6-2-16(3-7-18)10-12-22/h2-9,11,13H,10,14H2,1H3,(H,24,26). The summed E-state index contributed by atoms with van der Waals surface area (Å²) in [6, 6.07) is 17.6. The highest BCUT2D eigenvalue weighted by molar-refractivity contribution is 5.95. The van der Waals surface area contributed by atoms with Crippen LogP contribution in [-0.2, 0) is 16.0 Å². The second-order valence-corrected chi connectivity index (χ2v) is 6.09. The number of rotatable bonds is 6. The van der Waals surface area contributed by atoms with Gasteiger partial charge in [0.25, 0.3) is 5.91 Å². The van der Waals surface area contributed by atoms with Crippen molar-refractivity contribution in [3.05, 3.63) is 77.6 Å². The minimum atomic E-state index is -0.580. The summed E-state index contributed by atoms with van der Waals surface area (Å²) >= 11 is 0. The number of nitriles is 1. The van der Waals surface area contributed by atoms with Gasteiger partial charge in [0.15, 0.2) is 6.61 Å². The van der Waals surface area contributed by atoms with Crippen LogP contribution in [0.1, 0.15) is 21.6 Å². The Labute approximate surface area is 162 Å². The Morgan fingerprint density at radius 3 is 2.43 bits per heavy atom. The van der Waals surface area contributed by atoms with Gasteiger partial charge in [0.2, 0.25) is 0 Å². The Morgan fingerprint density at radius 1 is 1.11 bits per heavy atom. The van der Waals surface area contributed by atoms with Crippen LogP contribution in [-0.4, -0.2) is 28.3 Å². The molecular formula is C21H18N4O3. The molecule has 1 aromatic heterocycles. The Morgan fingerprint density at radius 2 is 1.82 bits per heavy atom. The molecule has 0 atom stereocenters. The van der Waals surface area contributed by atoms with Gasteiger partial charge in [0, 0.05) is 17.6 Å². The molecule has 2 aromatic carbocycles. The van der Waals surface area contributed by atoms with Gasteiger partial charge in [-0.2, -0.15) is 10.4 Å². The quantitative estimate of drug-likeness (QED) is 0.669. The van der Waals surface area contributed by atoms with Crippen LogP contribution in [0, 0.1) is 18.3 Å². The number of nitrogens with one attached hydrogen (secondary N) is 1. The Kier molecular flexibility index (Phi) is 5.82. The molecule has 0 fully saturated rings. The van der Waals surface area contributed by atoms with E-state index in [1.807, 2.05) is 13.0 Å². The lowest BCUT2D eigenvalue weighted by molar-refractivity contribution is -0.119. The highest BCUT2D eigenvalue weighted by Gasteiger charge is 2.11. The average Bonchev–Trinajstić information content (AvgIpc) is 3.14. The first-order valence-corrected chi connectivity index (χ1v) is 8.61. The number of aryl methyl sites for hydroxylation is 1. The maximum absolute atomic E-state index is 12.1. The highest BCUT2D eigenvalue weighted by atomic mass is 16.5. The molecule has 1 N–H and O–H groups in total. The summed E-state index contributed by atoms with van der Waals surface area (Å²) in [5.41, 5.74) is 3.59. The van der Waals surface area contributed by atoms with Crippen molar-refractivity contribution in [1.82, 2.24) is 9.78 Å². The van der Waals surface area contributed by atoms with E-state index in [1.165, 1.54) is 0 Å². The third-order valence-electron chi connectivity index (χ3n) is 4.03. The normalized spacial score (nSPS) is 10.1. The van der Waals surface area contributed by atoms with Crippen molar-refractivity contribution in [3.8, 4) is 11.8 Å². The Hall–Kier alpha value is -3.92. The van der Waals surface area contributed by atoms with Gasteiger partial charge in [-0.05, 0) is 55.0 Å². The third-order valence-corrected chi connectivity index (χ3v) is 4.03. The number of anilines is 1. The molecule has 28 heavy (non-hydrogen) atoms. The van der Waals surface area contributed by atoms with E-state index in [2.05, 4.69) is 16.5 Å². The van der Waals surface area contributed by atoms with Gasteiger partial charge in [-0.1, -0.05) is 12.1 Å². The second kappa shape index (κ2) is 8.64. The first kappa shape index (κ1) is 18.9. The molecule has 7 nitrogen and oxygen atoms in total. The summed E-state index contributed by atoms with van der Waals surface area (Å²) in [5.74, 6) is -1.02. The smallest absolute Gasteiger partial charge is 0.338 e. The lowest BCUT2D eigenvalue weighted by atomic mass is 10.1. The Balaban J connectivity index is 1.52. The summed E-state index contributed by atoms with van der Waals surface area (Å²) in [4.78, 5) is 24.1. The van der Waals surface area contributed by atoms with E-state index in [0.717, 1.165) is 16.9 Å². The molecule has 0 aliphatic rings. The highest BCUT2D eigenvalue weighted by Crippen LogP contribution is 2.13. The number of nitrogens with zero attached hydrogens (tertiary/aromatic N) is 3. The summed E-state index contributed by atoms with van der Waals surface area (Å²) in [6.45, 7) is 1.55. The fourth-order valence-electron chi connectivity index (χ4n) is 2.59. The van der Waals surface area contributed by atoms with Crippen molar-refractivity contribution < 1.29 is 14.3 Å². The fraction of sp³-hybridized carbons (Fsp3) is 0.143. The molecule has 140 valence electrons. The fourth-order valence-corrected chi connectivity index (χ4v) is 2.59. The predicted octanol–water partition coefficient (Wildman–Crippen LogP) is 3.04. The molecule has 1 heterocycles. The molecule has 0 saturated heterocycles. The molecule has 3 aromatic rings. The zero-order chi connectivity index (χ0) is 19.9. The zero-order valence-electron chi connectivity index (χ0n) is 15.3. The number of carbonyl (C=O) groups excluding carboxylic acids is 2. The van der Waals surface area contributed by atoms with Crippen LogP contribution < -0.4 is 5.32 Å². The summed E-state index contributed by atoms with van der Waals surface area (Å²) in [5, 5.41) is 15.5. The molecule has 0 unspecified atom stereocenters. The van der Waals surface area contributed by atoms with Gasteiger partial charge in [-0.25, -0.2) is 9.48 Å². The van der Waals surface area contributed by atoms with E-state index in [0.29, 0.717) is 17.7 Å². The largest absolute Gasteiger partial charge is 0.452 e. The number of hydrogen-bond acceptors (Lipinski definition) is 5. The summed E-state index contributed by atoms with van der Waals surface area (Å²) in [6.07, 6.45) is 2.01. The number of esters is 1. The van der Waals surface area contributed by atoms with Crippen LogP contribution in [0.3, 0.4) is 0 Å². The van der Waals surface area contributed by atoms with Crippen LogP contribution in [0.25, 0.3) is 5.69 Å². The molecule has 0 aliphatic carbocycles. The average molecular weight is 374 g/mol. The van der Waals surface area contributed by atoms with E-state index in [9.17, 15) is 9.59 Å². The molecular weight excluding hydrogens is 356 g/mol. The molecule has 0 saturated carbocycles. The van der Waals surface area contributed by atoms with Crippen molar-refractivity contribution in [2.24, 2.45) is 0 Å². The maximum Gasteiger partial charge on any atom is 0.338 e. The van der Waals surface area contributed by atoms with E-state index >= 15 is 0 Å². The number of amides is 1. The molecule has 7 heteroatoms. The van der Waals surface area contributed by atoms with Crippen molar-refractivity contribution in [2.75, 3.05) is 11.9 Å². The summed E-state index contributed by atoms with van der Waals surface area (Å²) in [7, 11) is 0. The van der Waals surface area contributed by atoms with Crippen LogP contribution >= 0.6 is 0 Å². The molecule has 0 spiro atoms. The molecule has 0 aliphatic heterocycles. The Bertz CT molecular complexity index is 1020. The van der Waals surface area contributed by atoms with Gasteiger partial charge >= 0.3 is 5.97 Å². The van der Waals surface area contributed by atoms with Crippen LogP contribution in [0.15, 0.2) is 60.8 Å². The van der Waals surface area contributed by atoms with Crippen molar-refractivity contribution in [3.63, 3.8) is 0 Å². The van der Waals surface area contributed by atoms with Gasteiger partial charge in [-0.3, -0.25) is 4.79 Å². The van der Waals surface area contributed by atoms with Crippen LogP contribution in [0.4, 0.5) is 5.69 Å². The molecule has 0 radical (unpaired) electrons. The SMILES string of the molecule is Cc1ccnn1-c1ccc(C(=O)OCC(=O)Nc2ccc(CC#N)cc2)cc1. The van der Waals surface area contributed by atoms with E-state index in [4.69, 9.17) is 10.00 Å². The van der Waals surface area contributed by atoms with Crippen LogP contribution in [0.2, 0.25) is 0 Å². The number of hydrogen-bond donors (Lipinski definition) is 1. The van der Waals surface area contributed by atoms with Gasteiger partial charge in [0.1, 0.15) is 0 Å². The first-order chi connectivity index (χ1) is 13.6. The number of ether oxygens (including phenoxy) is 1. The molecule has 0 bridgehead atoms. The summed E-state index contributed by atoms with van der Waals surface area (Å²) < 4.78 is 6.82. The van der Waals surface area contributed by atoms with E-state index in [-0.39, 0.29) is 0 Å². The minimum Gasteiger partial charge on any atom is -0.452 e. The minimum absolute atomic E-state index is 0.310. The monoisotopic (exact) mass is 374 g/mol. The van der Waals surface area contributed by atoms with Crippen molar-refractivity contribution >= 4 is 17.6 Å². The number of carbonyl (C=O) groups is 2. The van der Waals surface area contributed by atoms with Gasteiger partial charge < -0.3 is 10.1 Å². The van der Waals surface area contributed by atoms with Gasteiger partial charge in [0.05, 0.1) is 23.7 Å². The first-order valence-electron chi connectivity index (χ1n) is 8.61. The lowest BCUT2D eigenvalue weighted by Gasteiger charge is -2.08. The molecule has 3 rings (SSSR count). The molecule has 1 amide bonds. The topological polar surface area (TPSA) is 97.0 Å². The van der Waals surface area contributed by atoms with E-state index in [1.54, 1.807) is 59.4 Å².